The van der Waals surface area contributed by atoms with Gasteiger partial charge in [-0.1, -0.05) is 29.8 Å². The van der Waals surface area contributed by atoms with E-state index >= 15 is 0 Å². The van der Waals surface area contributed by atoms with Crippen molar-refractivity contribution < 1.29 is 31.1 Å². The molecule has 3 aromatic carbocycles. The van der Waals surface area contributed by atoms with Crippen LogP contribution in [0.15, 0.2) is 82.6 Å². The van der Waals surface area contributed by atoms with Crippen molar-refractivity contribution in [2.24, 2.45) is 0 Å². The fourth-order valence-electron chi connectivity index (χ4n) is 4.13. The first-order chi connectivity index (χ1) is 19.1. The van der Waals surface area contributed by atoms with Gasteiger partial charge in [0.25, 0.3) is 10.0 Å². The van der Waals surface area contributed by atoms with E-state index in [1.807, 2.05) is 19.9 Å². The molecule has 214 valence electrons. The standard InChI is InChI=1S/C28H33N3O7S2/c1-22-6-10-27(11-7-22)40(35,36)31(24-5-3-4-23(2)20-24)21-28(32)29-14-17-38-25-8-12-26(13-9-25)39(33,34)30-15-18-37-19-16-30/h3-13,20H,14-19,21H2,1-2H3,(H,29,32). The summed E-state index contributed by atoms with van der Waals surface area (Å²) < 4.78 is 65.8. The Morgan fingerprint density at radius 2 is 1.55 bits per heavy atom. The molecule has 1 amide bonds. The molecule has 0 bridgehead atoms. The molecule has 0 radical (unpaired) electrons. The van der Waals surface area contributed by atoms with Crippen LogP contribution in [0.1, 0.15) is 11.1 Å². The lowest BCUT2D eigenvalue weighted by Crippen LogP contribution is -2.42. The molecule has 1 N–H and O–H groups in total. The van der Waals surface area contributed by atoms with Gasteiger partial charge >= 0.3 is 0 Å². The Morgan fingerprint density at radius 1 is 0.900 bits per heavy atom. The van der Waals surface area contributed by atoms with Crippen molar-refractivity contribution in [2.45, 2.75) is 23.6 Å². The van der Waals surface area contributed by atoms with Gasteiger partial charge in [0, 0.05) is 13.1 Å². The van der Waals surface area contributed by atoms with E-state index in [2.05, 4.69) is 5.32 Å². The van der Waals surface area contributed by atoms with Crippen molar-refractivity contribution in [1.82, 2.24) is 9.62 Å². The second kappa shape index (κ2) is 12.8. The van der Waals surface area contributed by atoms with Crippen LogP contribution in [0.4, 0.5) is 5.69 Å². The molecule has 40 heavy (non-hydrogen) atoms. The average molecular weight is 588 g/mol. The van der Waals surface area contributed by atoms with E-state index in [1.165, 1.54) is 28.6 Å². The normalized spacial score (nSPS) is 14.4. The first-order valence-electron chi connectivity index (χ1n) is 12.8. The summed E-state index contributed by atoms with van der Waals surface area (Å²) in [5.74, 6) is -0.0498. The number of hydrogen-bond donors (Lipinski definition) is 1. The smallest absolute Gasteiger partial charge is 0.264 e. The number of carbonyl (C=O) groups excluding carboxylic acids is 1. The fourth-order valence-corrected chi connectivity index (χ4v) is 6.95. The number of morpholine rings is 1. The van der Waals surface area contributed by atoms with E-state index in [0.29, 0.717) is 37.7 Å². The van der Waals surface area contributed by atoms with Crippen LogP contribution in [0.25, 0.3) is 0 Å². The first-order valence-corrected chi connectivity index (χ1v) is 15.7. The van der Waals surface area contributed by atoms with Crippen LogP contribution >= 0.6 is 0 Å². The van der Waals surface area contributed by atoms with Gasteiger partial charge in [0.15, 0.2) is 0 Å². The minimum absolute atomic E-state index is 0.0924. The zero-order valence-electron chi connectivity index (χ0n) is 22.4. The number of aryl methyl sites for hydroxylation is 2. The van der Waals surface area contributed by atoms with Gasteiger partial charge < -0.3 is 14.8 Å². The molecule has 1 saturated heterocycles. The Labute approximate surface area is 235 Å². The predicted octanol–water partition coefficient (Wildman–Crippen LogP) is 2.71. The van der Waals surface area contributed by atoms with Crippen molar-refractivity contribution in [3.05, 3.63) is 83.9 Å². The van der Waals surface area contributed by atoms with Gasteiger partial charge in [0.1, 0.15) is 18.9 Å². The highest BCUT2D eigenvalue weighted by molar-refractivity contribution is 7.92. The molecule has 1 aliphatic heterocycles. The number of amides is 1. The van der Waals surface area contributed by atoms with Gasteiger partial charge in [0.2, 0.25) is 15.9 Å². The number of sulfonamides is 2. The number of benzene rings is 3. The molecule has 0 aliphatic carbocycles. The van der Waals surface area contributed by atoms with Crippen molar-refractivity contribution in [3.63, 3.8) is 0 Å². The summed E-state index contributed by atoms with van der Waals surface area (Å²) in [6.07, 6.45) is 0. The molecule has 0 spiro atoms. The molecule has 1 aliphatic rings. The molecule has 1 heterocycles. The Kier molecular flexibility index (Phi) is 9.46. The molecule has 1 fully saturated rings. The second-order valence-corrected chi connectivity index (χ2v) is 13.2. The van der Waals surface area contributed by atoms with Gasteiger partial charge in [-0.3, -0.25) is 9.10 Å². The summed E-state index contributed by atoms with van der Waals surface area (Å²) >= 11 is 0. The molecular weight excluding hydrogens is 554 g/mol. The van der Waals surface area contributed by atoms with E-state index in [1.54, 1.807) is 42.5 Å². The molecule has 0 atom stereocenters. The van der Waals surface area contributed by atoms with Crippen molar-refractivity contribution in [3.8, 4) is 5.75 Å². The zero-order valence-corrected chi connectivity index (χ0v) is 24.1. The van der Waals surface area contributed by atoms with Crippen LogP contribution in [0.5, 0.6) is 5.75 Å². The Bertz CT molecular complexity index is 1520. The molecule has 4 rings (SSSR count). The van der Waals surface area contributed by atoms with Crippen molar-refractivity contribution in [2.75, 3.05) is 50.3 Å². The molecular formula is C28H33N3O7S2. The number of carbonyl (C=O) groups is 1. The van der Waals surface area contributed by atoms with Gasteiger partial charge in [-0.25, -0.2) is 16.8 Å². The predicted molar refractivity (Wildman–Crippen MR) is 151 cm³/mol. The number of nitrogens with zero attached hydrogens (tertiary/aromatic N) is 2. The highest BCUT2D eigenvalue weighted by Crippen LogP contribution is 2.25. The van der Waals surface area contributed by atoms with Crippen LogP contribution in [0.2, 0.25) is 0 Å². The monoisotopic (exact) mass is 587 g/mol. The number of ether oxygens (including phenoxy) is 2. The Hall–Kier alpha value is -3.45. The van der Waals surface area contributed by atoms with Crippen molar-refractivity contribution in [1.29, 1.82) is 0 Å². The van der Waals surface area contributed by atoms with E-state index < -0.39 is 32.5 Å². The quantitative estimate of drug-likeness (QED) is 0.342. The lowest BCUT2D eigenvalue weighted by atomic mass is 10.2. The Morgan fingerprint density at radius 3 is 2.20 bits per heavy atom. The van der Waals surface area contributed by atoms with E-state index in [4.69, 9.17) is 9.47 Å². The number of nitrogens with one attached hydrogen (secondary N) is 1. The summed E-state index contributed by atoms with van der Waals surface area (Å²) in [6, 6.07) is 19.5. The molecule has 12 heteroatoms. The van der Waals surface area contributed by atoms with E-state index in [0.717, 1.165) is 15.4 Å². The van der Waals surface area contributed by atoms with Gasteiger partial charge in [0.05, 0.1) is 35.2 Å². The zero-order chi connectivity index (χ0) is 28.8. The maximum Gasteiger partial charge on any atom is 0.264 e. The molecule has 3 aromatic rings. The van der Waals surface area contributed by atoms with Crippen LogP contribution in [0, 0.1) is 13.8 Å². The second-order valence-electron chi connectivity index (χ2n) is 9.35. The van der Waals surface area contributed by atoms with Crippen LogP contribution in [0.3, 0.4) is 0 Å². The maximum absolute atomic E-state index is 13.5. The van der Waals surface area contributed by atoms with E-state index in [9.17, 15) is 21.6 Å². The molecule has 0 aromatic heterocycles. The third-order valence-corrected chi connectivity index (χ3v) is 10.0. The minimum atomic E-state index is -4.00. The average Bonchev–Trinajstić information content (AvgIpc) is 2.95. The maximum atomic E-state index is 13.5. The summed E-state index contributed by atoms with van der Waals surface area (Å²) in [4.78, 5) is 13.1. The van der Waals surface area contributed by atoms with Gasteiger partial charge in [-0.05, 0) is 67.9 Å². The highest BCUT2D eigenvalue weighted by atomic mass is 32.2. The fraction of sp³-hybridized carbons (Fsp3) is 0.321. The first kappa shape index (κ1) is 29.5. The lowest BCUT2D eigenvalue weighted by molar-refractivity contribution is -0.119. The largest absolute Gasteiger partial charge is 0.492 e. The lowest BCUT2D eigenvalue weighted by Gasteiger charge is -2.26. The van der Waals surface area contributed by atoms with Crippen LogP contribution in [-0.2, 0) is 29.6 Å². The summed E-state index contributed by atoms with van der Waals surface area (Å²) in [5.41, 5.74) is 2.17. The number of anilines is 1. The number of hydrogen-bond acceptors (Lipinski definition) is 7. The van der Waals surface area contributed by atoms with Crippen LogP contribution in [-0.4, -0.2) is 73.0 Å². The highest BCUT2D eigenvalue weighted by Gasteiger charge is 2.28. The summed E-state index contributed by atoms with van der Waals surface area (Å²) in [6.45, 7) is 4.90. The van der Waals surface area contributed by atoms with Gasteiger partial charge in [-0.2, -0.15) is 4.31 Å². The molecule has 0 unspecified atom stereocenters. The SMILES string of the molecule is Cc1ccc(S(=O)(=O)N(CC(=O)NCCOc2ccc(S(=O)(=O)N3CCOCC3)cc2)c2cccc(C)c2)cc1. The minimum Gasteiger partial charge on any atom is -0.492 e. The summed E-state index contributed by atoms with van der Waals surface area (Å²) in [5, 5.41) is 2.69. The van der Waals surface area contributed by atoms with Crippen molar-refractivity contribution >= 4 is 31.6 Å². The third kappa shape index (κ3) is 7.19. The number of rotatable bonds is 11. The Balaban J connectivity index is 1.35. The van der Waals surface area contributed by atoms with E-state index in [-0.39, 0.29) is 22.9 Å². The molecule has 10 nitrogen and oxygen atoms in total. The van der Waals surface area contributed by atoms with Crippen LogP contribution < -0.4 is 14.4 Å². The van der Waals surface area contributed by atoms with Gasteiger partial charge in [-0.15, -0.1) is 0 Å². The third-order valence-electron chi connectivity index (χ3n) is 6.31. The molecule has 0 saturated carbocycles. The summed E-state index contributed by atoms with van der Waals surface area (Å²) in [7, 11) is -7.60. The topological polar surface area (TPSA) is 122 Å².